The molecule has 1 unspecified atom stereocenters. The van der Waals surface area contributed by atoms with Gasteiger partial charge in [0.2, 0.25) is 0 Å². The van der Waals surface area contributed by atoms with Gasteiger partial charge in [-0.25, -0.2) is 0 Å². The maximum Gasteiger partial charge on any atom is 0.0839 e. The summed E-state index contributed by atoms with van der Waals surface area (Å²) in [5.41, 5.74) is 2.02. The highest BCUT2D eigenvalue weighted by Crippen LogP contribution is 2.10. The van der Waals surface area contributed by atoms with Crippen molar-refractivity contribution in [1.82, 2.24) is 9.88 Å². The van der Waals surface area contributed by atoms with Crippen LogP contribution in [0.15, 0.2) is 18.3 Å². The van der Waals surface area contributed by atoms with Gasteiger partial charge in [0.25, 0.3) is 0 Å². The highest BCUT2D eigenvalue weighted by Gasteiger charge is 2.14. The Kier molecular flexibility index (Phi) is 4.96. The van der Waals surface area contributed by atoms with Crippen molar-refractivity contribution in [1.29, 1.82) is 0 Å². The molecule has 0 amide bonds. The minimum Gasteiger partial charge on any atom is -0.390 e. The number of hydrogen-bond donors (Lipinski definition) is 2. The van der Waals surface area contributed by atoms with Crippen LogP contribution >= 0.6 is 0 Å². The first-order valence-corrected chi connectivity index (χ1v) is 6.81. The predicted molar refractivity (Wildman–Crippen MR) is 73.8 cm³/mol. The summed E-state index contributed by atoms with van der Waals surface area (Å²) in [6, 6.07) is 3.92. The van der Waals surface area contributed by atoms with Gasteiger partial charge in [-0.1, -0.05) is 6.42 Å². The number of aliphatic hydroxyl groups excluding tert-OH is 1. The normalized spacial score (nSPS) is 18.6. The van der Waals surface area contributed by atoms with E-state index in [1.165, 1.54) is 19.3 Å². The molecular formula is C14H23N3O. The Labute approximate surface area is 109 Å². The molecule has 2 heterocycles. The lowest BCUT2D eigenvalue weighted by atomic mass is 10.1. The van der Waals surface area contributed by atoms with Crippen LogP contribution in [0.25, 0.3) is 0 Å². The molecule has 0 aliphatic carbocycles. The van der Waals surface area contributed by atoms with E-state index in [0.29, 0.717) is 6.54 Å². The number of aliphatic hydroxyl groups is 1. The second-order valence-corrected chi connectivity index (χ2v) is 5.08. The zero-order valence-corrected chi connectivity index (χ0v) is 11.1. The summed E-state index contributed by atoms with van der Waals surface area (Å²) in [6.45, 7) is 5.60. The minimum absolute atomic E-state index is 0.309. The summed E-state index contributed by atoms with van der Waals surface area (Å²) < 4.78 is 0. The maximum absolute atomic E-state index is 10.0. The Balaban J connectivity index is 1.72. The number of likely N-dealkylation sites (tertiary alicyclic amines) is 1. The summed E-state index contributed by atoms with van der Waals surface area (Å²) in [6.07, 6.45) is 5.35. The van der Waals surface area contributed by atoms with Gasteiger partial charge in [-0.05, 0) is 45.0 Å². The molecule has 1 saturated heterocycles. The summed E-state index contributed by atoms with van der Waals surface area (Å²) in [5.74, 6) is 0. The van der Waals surface area contributed by atoms with Crippen molar-refractivity contribution < 1.29 is 5.11 Å². The second kappa shape index (κ2) is 6.71. The molecule has 0 saturated carbocycles. The second-order valence-electron chi connectivity index (χ2n) is 5.08. The van der Waals surface area contributed by atoms with Crippen molar-refractivity contribution in [3.05, 3.63) is 24.0 Å². The van der Waals surface area contributed by atoms with E-state index in [1.54, 1.807) is 6.20 Å². The van der Waals surface area contributed by atoms with Crippen LogP contribution in [-0.2, 0) is 0 Å². The Bertz CT molecular complexity index is 364. The number of anilines is 1. The van der Waals surface area contributed by atoms with E-state index in [-0.39, 0.29) is 6.10 Å². The van der Waals surface area contributed by atoms with E-state index >= 15 is 0 Å². The van der Waals surface area contributed by atoms with E-state index in [0.717, 1.165) is 31.0 Å². The maximum atomic E-state index is 10.0. The summed E-state index contributed by atoms with van der Waals surface area (Å²) in [5, 5.41) is 13.3. The number of hydrogen-bond acceptors (Lipinski definition) is 4. The van der Waals surface area contributed by atoms with Gasteiger partial charge >= 0.3 is 0 Å². The monoisotopic (exact) mass is 249 g/mol. The average molecular weight is 249 g/mol. The third-order valence-corrected chi connectivity index (χ3v) is 3.36. The molecule has 4 heteroatoms. The predicted octanol–water partition coefficient (Wildman–Crippen LogP) is 1.65. The molecule has 2 N–H and O–H groups in total. The van der Waals surface area contributed by atoms with Gasteiger partial charge in [-0.15, -0.1) is 0 Å². The first-order chi connectivity index (χ1) is 8.74. The zero-order chi connectivity index (χ0) is 12.8. The van der Waals surface area contributed by atoms with Gasteiger partial charge in [-0.3, -0.25) is 4.98 Å². The van der Waals surface area contributed by atoms with Gasteiger partial charge in [-0.2, -0.15) is 0 Å². The fraction of sp³-hybridized carbons (Fsp3) is 0.643. The average Bonchev–Trinajstić information content (AvgIpc) is 2.38. The quantitative estimate of drug-likeness (QED) is 0.833. The number of rotatable bonds is 5. The number of nitrogens with zero attached hydrogens (tertiary/aromatic N) is 2. The summed E-state index contributed by atoms with van der Waals surface area (Å²) in [7, 11) is 0. The molecule has 100 valence electrons. The molecule has 1 aromatic heterocycles. The molecule has 2 rings (SSSR count). The van der Waals surface area contributed by atoms with Gasteiger partial charge < -0.3 is 15.3 Å². The number of nitrogens with one attached hydrogen (secondary N) is 1. The molecule has 4 nitrogen and oxygen atoms in total. The summed E-state index contributed by atoms with van der Waals surface area (Å²) >= 11 is 0. The first-order valence-electron chi connectivity index (χ1n) is 6.81. The van der Waals surface area contributed by atoms with Crippen molar-refractivity contribution in [2.75, 3.05) is 31.5 Å². The van der Waals surface area contributed by atoms with Crippen molar-refractivity contribution in [2.45, 2.75) is 32.3 Å². The highest BCUT2D eigenvalue weighted by molar-refractivity contribution is 5.42. The molecule has 1 aliphatic heterocycles. The fourth-order valence-corrected chi connectivity index (χ4v) is 2.40. The zero-order valence-electron chi connectivity index (χ0n) is 11.1. The molecule has 0 bridgehead atoms. The van der Waals surface area contributed by atoms with E-state index in [1.807, 2.05) is 19.1 Å². The van der Waals surface area contributed by atoms with Crippen LogP contribution in [0, 0.1) is 6.92 Å². The van der Waals surface area contributed by atoms with Gasteiger partial charge in [0.05, 0.1) is 6.10 Å². The third kappa shape index (κ3) is 4.27. The number of pyridine rings is 1. The van der Waals surface area contributed by atoms with Crippen LogP contribution < -0.4 is 5.32 Å². The number of aromatic nitrogens is 1. The molecule has 1 aliphatic rings. The lowest BCUT2D eigenvalue weighted by Gasteiger charge is -2.28. The van der Waals surface area contributed by atoms with Crippen molar-refractivity contribution >= 4 is 5.69 Å². The van der Waals surface area contributed by atoms with E-state index in [4.69, 9.17) is 0 Å². The molecule has 0 aromatic carbocycles. The lowest BCUT2D eigenvalue weighted by molar-refractivity contribution is 0.110. The van der Waals surface area contributed by atoms with Gasteiger partial charge in [0.15, 0.2) is 0 Å². The van der Waals surface area contributed by atoms with E-state index in [9.17, 15) is 5.11 Å². The van der Waals surface area contributed by atoms with E-state index < -0.39 is 0 Å². The van der Waals surface area contributed by atoms with Crippen molar-refractivity contribution in [2.24, 2.45) is 0 Å². The first kappa shape index (κ1) is 13.3. The topological polar surface area (TPSA) is 48.4 Å². The van der Waals surface area contributed by atoms with Crippen LogP contribution in [0.5, 0.6) is 0 Å². The lowest BCUT2D eigenvalue weighted by Crippen LogP contribution is -2.39. The molecule has 1 atom stereocenters. The van der Waals surface area contributed by atoms with E-state index in [2.05, 4.69) is 15.2 Å². The van der Waals surface area contributed by atoms with Gasteiger partial charge in [0, 0.05) is 30.7 Å². The standard InChI is InChI=1S/C14H23N3O/c1-12-9-13(5-6-15-12)16-10-14(18)11-17-7-3-2-4-8-17/h5-6,9,14,18H,2-4,7-8,10-11H2,1H3,(H,15,16). The largest absolute Gasteiger partial charge is 0.390 e. The number of piperidine rings is 1. The Morgan fingerprint density at radius 1 is 1.39 bits per heavy atom. The Hall–Kier alpha value is -1.13. The molecular weight excluding hydrogens is 226 g/mol. The highest BCUT2D eigenvalue weighted by atomic mass is 16.3. The Morgan fingerprint density at radius 2 is 2.17 bits per heavy atom. The Morgan fingerprint density at radius 3 is 2.89 bits per heavy atom. The van der Waals surface area contributed by atoms with Crippen molar-refractivity contribution in [3.8, 4) is 0 Å². The number of aryl methyl sites for hydroxylation is 1. The SMILES string of the molecule is Cc1cc(NCC(O)CN2CCCCC2)ccn1. The van der Waals surface area contributed by atoms with Crippen LogP contribution in [0.4, 0.5) is 5.69 Å². The fourth-order valence-electron chi connectivity index (χ4n) is 2.40. The summed E-state index contributed by atoms with van der Waals surface area (Å²) in [4.78, 5) is 6.50. The van der Waals surface area contributed by atoms with Crippen LogP contribution in [0.1, 0.15) is 25.0 Å². The number of β-amino-alcohol motifs (C(OH)–C–C–N with tert-alkyl or cyclic N) is 1. The van der Waals surface area contributed by atoms with Crippen LogP contribution in [-0.4, -0.2) is 47.3 Å². The van der Waals surface area contributed by atoms with Crippen LogP contribution in [0.3, 0.4) is 0 Å². The molecule has 0 radical (unpaired) electrons. The van der Waals surface area contributed by atoms with Crippen LogP contribution in [0.2, 0.25) is 0 Å². The molecule has 1 fully saturated rings. The molecule has 0 spiro atoms. The molecule has 18 heavy (non-hydrogen) atoms. The van der Waals surface area contributed by atoms with Gasteiger partial charge in [0.1, 0.15) is 0 Å². The third-order valence-electron chi connectivity index (χ3n) is 3.36. The smallest absolute Gasteiger partial charge is 0.0839 e. The van der Waals surface area contributed by atoms with Crippen molar-refractivity contribution in [3.63, 3.8) is 0 Å². The molecule has 1 aromatic rings. The minimum atomic E-state index is -0.309.